The van der Waals surface area contributed by atoms with Gasteiger partial charge in [0.1, 0.15) is 5.69 Å². The van der Waals surface area contributed by atoms with E-state index in [0.717, 1.165) is 22.8 Å². The molecule has 0 atom stereocenters. The van der Waals surface area contributed by atoms with Crippen LogP contribution in [-0.4, -0.2) is 22.8 Å². The van der Waals surface area contributed by atoms with Gasteiger partial charge in [-0.2, -0.15) is 0 Å². The van der Waals surface area contributed by atoms with E-state index in [1.54, 1.807) is 12.1 Å². The maximum absolute atomic E-state index is 11.4. The zero-order chi connectivity index (χ0) is 15.2. The topological polar surface area (TPSA) is 71.2 Å². The number of nitrogens with zero attached hydrogens (tertiary/aromatic N) is 2. The van der Waals surface area contributed by atoms with E-state index in [1.807, 2.05) is 37.4 Å². The van der Waals surface area contributed by atoms with Crippen LogP contribution in [0.3, 0.4) is 0 Å². The molecular formula is C15H17ClN4O. The lowest BCUT2D eigenvalue weighted by atomic mass is 10.2. The van der Waals surface area contributed by atoms with Crippen LogP contribution in [0.5, 0.6) is 0 Å². The predicted octanol–water partition coefficient (Wildman–Crippen LogP) is 1.97. The molecule has 110 valence electrons. The molecule has 6 heteroatoms. The summed E-state index contributed by atoms with van der Waals surface area (Å²) in [5.74, 6) is 4.72. The molecule has 3 N–H and O–H groups in total. The first kappa shape index (κ1) is 15.4. The normalized spacial score (nSPS) is 10.7. The Morgan fingerprint density at radius 1 is 1.24 bits per heavy atom. The maximum Gasteiger partial charge on any atom is 0.283 e. The zero-order valence-corrected chi connectivity index (χ0v) is 12.5. The maximum atomic E-state index is 11.4. The molecule has 0 aliphatic rings. The van der Waals surface area contributed by atoms with Gasteiger partial charge in [0.15, 0.2) is 0 Å². The van der Waals surface area contributed by atoms with Gasteiger partial charge >= 0.3 is 0 Å². The third-order valence-electron chi connectivity index (χ3n) is 2.97. The first-order valence-electron chi connectivity index (χ1n) is 6.48. The molecule has 1 aromatic heterocycles. The van der Waals surface area contributed by atoms with Crippen LogP contribution in [0.1, 0.15) is 21.7 Å². The minimum atomic E-state index is -0.391. The van der Waals surface area contributed by atoms with Gasteiger partial charge in [-0.3, -0.25) is 15.1 Å². The van der Waals surface area contributed by atoms with Gasteiger partial charge in [-0.1, -0.05) is 29.8 Å². The fourth-order valence-corrected chi connectivity index (χ4v) is 2.13. The third kappa shape index (κ3) is 4.53. The highest BCUT2D eigenvalue weighted by Gasteiger charge is 2.08. The SMILES string of the molecule is CN(Cc1ccc(Cl)cc1)Cc1cccc(C(=O)NN)n1. The Hall–Kier alpha value is -1.95. The average Bonchev–Trinajstić information content (AvgIpc) is 2.49. The molecule has 0 aliphatic carbocycles. The van der Waals surface area contributed by atoms with Crippen molar-refractivity contribution in [1.29, 1.82) is 0 Å². The summed E-state index contributed by atoms with van der Waals surface area (Å²) in [6, 6.07) is 13.0. The largest absolute Gasteiger partial charge is 0.296 e. The fourth-order valence-electron chi connectivity index (χ4n) is 2.00. The number of nitrogens with one attached hydrogen (secondary N) is 1. The van der Waals surface area contributed by atoms with Crippen LogP contribution in [0.15, 0.2) is 42.5 Å². The molecule has 2 aromatic rings. The number of amides is 1. The average molecular weight is 305 g/mol. The van der Waals surface area contributed by atoms with Crippen molar-refractivity contribution in [2.75, 3.05) is 7.05 Å². The molecule has 0 radical (unpaired) electrons. The number of carbonyl (C=O) groups is 1. The van der Waals surface area contributed by atoms with Crippen molar-refractivity contribution in [2.45, 2.75) is 13.1 Å². The van der Waals surface area contributed by atoms with Gasteiger partial charge in [-0.05, 0) is 36.9 Å². The Labute approximate surface area is 128 Å². The zero-order valence-electron chi connectivity index (χ0n) is 11.7. The predicted molar refractivity (Wildman–Crippen MR) is 82.5 cm³/mol. The van der Waals surface area contributed by atoms with E-state index < -0.39 is 5.91 Å². The number of carbonyl (C=O) groups excluding carboxylic acids is 1. The van der Waals surface area contributed by atoms with Crippen LogP contribution >= 0.6 is 11.6 Å². The van der Waals surface area contributed by atoms with Crippen LogP contribution in [0.4, 0.5) is 0 Å². The lowest BCUT2D eigenvalue weighted by Crippen LogP contribution is -2.31. The van der Waals surface area contributed by atoms with Gasteiger partial charge in [0.05, 0.1) is 5.69 Å². The number of hydrogen-bond acceptors (Lipinski definition) is 4. The second kappa shape index (κ2) is 7.17. The number of benzene rings is 1. The van der Waals surface area contributed by atoms with Crippen molar-refractivity contribution in [3.63, 3.8) is 0 Å². The van der Waals surface area contributed by atoms with Crippen molar-refractivity contribution in [2.24, 2.45) is 5.84 Å². The lowest BCUT2D eigenvalue weighted by molar-refractivity contribution is 0.0948. The molecule has 5 nitrogen and oxygen atoms in total. The summed E-state index contributed by atoms with van der Waals surface area (Å²) in [5, 5.41) is 0.726. The minimum absolute atomic E-state index is 0.315. The highest BCUT2D eigenvalue weighted by molar-refractivity contribution is 6.30. The van der Waals surface area contributed by atoms with Gasteiger partial charge < -0.3 is 0 Å². The Morgan fingerprint density at radius 2 is 1.95 bits per heavy atom. The lowest BCUT2D eigenvalue weighted by Gasteiger charge is -2.16. The van der Waals surface area contributed by atoms with Crippen molar-refractivity contribution in [3.8, 4) is 0 Å². The molecule has 1 amide bonds. The highest BCUT2D eigenvalue weighted by atomic mass is 35.5. The van der Waals surface area contributed by atoms with Gasteiger partial charge in [0.2, 0.25) is 0 Å². The molecule has 0 bridgehead atoms. The number of halogens is 1. The number of nitrogen functional groups attached to an aromatic ring is 1. The van der Waals surface area contributed by atoms with E-state index in [0.29, 0.717) is 12.2 Å². The quantitative estimate of drug-likeness (QED) is 0.503. The van der Waals surface area contributed by atoms with Crippen molar-refractivity contribution in [1.82, 2.24) is 15.3 Å². The van der Waals surface area contributed by atoms with Crippen molar-refractivity contribution in [3.05, 3.63) is 64.4 Å². The van der Waals surface area contributed by atoms with Crippen LogP contribution in [-0.2, 0) is 13.1 Å². The molecule has 2 rings (SSSR count). The first-order chi connectivity index (χ1) is 10.1. The third-order valence-corrected chi connectivity index (χ3v) is 3.22. The van der Waals surface area contributed by atoms with E-state index in [4.69, 9.17) is 17.4 Å². The van der Waals surface area contributed by atoms with E-state index in [1.165, 1.54) is 0 Å². The van der Waals surface area contributed by atoms with E-state index in [-0.39, 0.29) is 0 Å². The molecular weight excluding hydrogens is 288 g/mol. The van der Waals surface area contributed by atoms with Crippen LogP contribution in [0, 0.1) is 0 Å². The number of pyridine rings is 1. The van der Waals surface area contributed by atoms with Crippen molar-refractivity contribution >= 4 is 17.5 Å². The summed E-state index contributed by atoms with van der Waals surface area (Å²) in [6.07, 6.45) is 0. The summed E-state index contributed by atoms with van der Waals surface area (Å²) < 4.78 is 0. The summed E-state index contributed by atoms with van der Waals surface area (Å²) in [4.78, 5) is 17.8. The fraction of sp³-hybridized carbons (Fsp3) is 0.200. The molecule has 0 unspecified atom stereocenters. The Bertz CT molecular complexity index is 615. The Kier molecular flexibility index (Phi) is 5.27. The number of aromatic nitrogens is 1. The second-order valence-corrected chi connectivity index (χ2v) is 5.22. The molecule has 0 spiro atoms. The van der Waals surface area contributed by atoms with Gasteiger partial charge in [0, 0.05) is 18.1 Å². The van der Waals surface area contributed by atoms with E-state index in [2.05, 4.69) is 15.3 Å². The molecule has 0 fully saturated rings. The minimum Gasteiger partial charge on any atom is -0.296 e. The standard InChI is InChI=1S/C15H17ClN4O/c1-20(9-11-5-7-12(16)8-6-11)10-13-3-2-4-14(18-13)15(21)19-17/h2-8H,9-10,17H2,1H3,(H,19,21). The van der Waals surface area contributed by atoms with Gasteiger partial charge in [-0.25, -0.2) is 10.8 Å². The van der Waals surface area contributed by atoms with E-state index in [9.17, 15) is 4.79 Å². The molecule has 1 heterocycles. The Balaban J connectivity index is 2.00. The summed E-state index contributed by atoms with van der Waals surface area (Å²) in [6.45, 7) is 1.40. The van der Waals surface area contributed by atoms with Gasteiger partial charge in [0.25, 0.3) is 5.91 Å². The van der Waals surface area contributed by atoms with Gasteiger partial charge in [-0.15, -0.1) is 0 Å². The van der Waals surface area contributed by atoms with Crippen LogP contribution in [0.2, 0.25) is 5.02 Å². The highest BCUT2D eigenvalue weighted by Crippen LogP contribution is 2.12. The summed E-state index contributed by atoms with van der Waals surface area (Å²) in [5.41, 5.74) is 4.37. The summed E-state index contributed by atoms with van der Waals surface area (Å²) >= 11 is 5.87. The number of rotatable bonds is 5. The number of hydrogen-bond donors (Lipinski definition) is 2. The monoisotopic (exact) mass is 304 g/mol. The number of nitrogens with two attached hydrogens (primary N) is 1. The molecule has 1 aromatic carbocycles. The molecule has 0 saturated carbocycles. The Morgan fingerprint density at radius 3 is 2.62 bits per heavy atom. The van der Waals surface area contributed by atoms with E-state index >= 15 is 0 Å². The number of hydrazine groups is 1. The second-order valence-electron chi connectivity index (χ2n) is 4.79. The summed E-state index contributed by atoms with van der Waals surface area (Å²) in [7, 11) is 1.99. The van der Waals surface area contributed by atoms with Crippen molar-refractivity contribution < 1.29 is 4.79 Å². The van der Waals surface area contributed by atoms with Crippen LogP contribution < -0.4 is 11.3 Å². The first-order valence-corrected chi connectivity index (χ1v) is 6.86. The molecule has 21 heavy (non-hydrogen) atoms. The smallest absolute Gasteiger partial charge is 0.283 e. The van der Waals surface area contributed by atoms with Crippen LogP contribution in [0.25, 0.3) is 0 Å². The molecule has 0 aliphatic heterocycles. The molecule has 0 saturated heterocycles.